The van der Waals surface area contributed by atoms with E-state index in [0.29, 0.717) is 24.3 Å². The van der Waals surface area contributed by atoms with Gasteiger partial charge in [-0.1, -0.05) is 0 Å². The zero-order valence-corrected chi connectivity index (χ0v) is 11.9. The molecule has 0 spiro atoms. The zero-order chi connectivity index (χ0) is 15.1. The van der Waals surface area contributed by atoms with Crippen molar-refractivity contribution in [1.29, 1.82) is 0 Å². The molecule has 2 aromatic heterocycles. The number of aryl methyl sites for hydroxylation is 2. The summed E-state index contributed by atoms with van der Waals surface area (Å²) in [7, 11) is 0. The average Bonchev–Trinajstić information content (AvgIpc) is 2.74. The highest BCUT2D eigenvalue weighted by atomic mass is 19.3. The number of halogens is 2. The number of amides is 1. The maximum atomic E-state index is 12.4. The van der Waals surface area contributed by atoms with Crippen molar-refractivity contribution in [2.24, 2.45) is 5.92 Å². The molecule has 1 amide bonds. The van der Waals surface area contributed by atoms with E-state index in [9.17, 15) is 13.6 Å². The second-order valence-electron chi connectivity index (χ2n) is 5.52. The first-order valence-electron chi connectivity index (χ1n) is 6.85. The average molecular weight is 294 g/mol. The number of carbonyl (C=O) groups excluding carboxylic acids is 1. The van der Waals surface area contributed by atoms with Crippen LogP contribution in [0.1, 0.15) is 28.2 Å². The van der Waals surface area contributed by atoms with Crippen molar-refractivity contribution in [3.63, 3.8) is 0 Å². The largest absolute Gasteiger partial charge is 0.338 e. The van der Waals surface area contributed by atoms with E-state index in [2.05, 4.69) is 10.1 Å². The Labute approximate surface area is 120 Å². The van der Waals surface area contributed by atoms with Gasteiger partial charge in [-0.3, -0.25) is 4.79 Å². The highest BCUT2D eigenvalue weighted by molar-refractivity contribution is 5.95. The van der Waals surface area contributed by atoms with Crippen molar-refractivity contribution in [2.45, 2.75) is 26.7 Å². The third-order valence-corrected chi connectivity index (χ3v) is 3.83. The molecule has 0 N–H and O–H groups in total. The Morgan fingerprint density at radius 1 is 1.43 bits per heavy atom. The molecule has 1 aliphatic rings. The van der Waals surface area contributed by atoms with Gasteiger partial charge in [0.2, 0.25) is 6.43 Å². The number of hydrogen-bond acceptors (Lipinski definition) is 3. The lowest BCUT2D eigenvalue weighted by Crippen LogP contribution is -2.50. The van der Waals surface area contributed by atoms with Gasteiger partial charge in [0.25, 0.3) is 5.91 Å². The Bertz CT molecular complexity index is 692. The second-order valence-corrected chi connectivity index (χ2v) is 5.52. The van der Waals surface area contributed by atoms with Gasteiger partial charge >= 0.3 is 0 Å². The Morgan fingerprint density at radius 3 is 2.81 bits per heavy atom. The minimum absolute atomic E-state index is 0.0992. The van der Waals surface area contributed by atoms with Crippen LogP contribution in [0.15, 0.2) is 12.3 Å². The fourth-order valence-corrected chi connectivity index (χ4v) is 2.68. The van der Waals surface area contributed by atoms with Gasteiger partial charge in [-0.05, 0) is 19.8 Å². The first kappa shape index (κ1) is 13.9. The lowest BCUT2D eigenvalue weighted by molar-refractivity contribution is 0.0279. The first-order chi connectivity index (χ1) is 9.95. The van der Waals surface area contributed by atoms with Gasteiger partial charge in [0.15, 0.2) is 5.65 Å². The van der Waals surface area contributed by atoms with Crippen LogP contribution in [0.4, 0.5) is 8.78 Å². The number of hydrogen-bond donors (Lipinski definition) is 0. The van der Waals surface area contributed by atoms with Crippen LogP contribution in [-0.2, 0) is 0 Å². The van der Waals surface area contributed by atoms with Crippen LogP contribution in [0.25, 0.3) is 5.65 Å². The van der Waals surface area contributed by atoms with E-state index in [0.717, 1.165) is 11.4 Å². The number of likely N-dealkylation sites (tertiary alicyclic amines) is 1. The van der Waals surface area contributed by atoms with Crippen LogP contribution >= 0.6 is 0 Å². The van der Waals surface area contributed by atoms with Crippen LogP contribution in [0, 0.1) is 19.8 Å². The Hall–Kier alpha value is -2.05. The van der Waals surface area contributed by atoms with Crippen molar-refractivity contribution in [1.82, 2.24) is 19.5 Å². The zero-order valence-electron chi connectivity index (χ0n) is 11.9. The molecule has 0 aliphatic carbocycles. The Kier molecular flexibility index (Phi) is 3.35. The van der Waals surface area contributed by atoms with Crippen LogP contribution in [-0.4, -0.2) is 44.9 Å². The normalized spacial score (nSPS) is 15.8. The minimum atomic E-state index is -2.31. The van der Waals surface area contributed by atoms with Crippen LogP contribution in [0.5, 0.6) is 0 Å². The van der Waals surface area contributed by atoms with Gasteiger partial charge in [0.05, 0.1) is 17.0 Å². The van der Waals surface area contributed by atoms with Crippen LogP contribution in [0.2, 0.25) is 0 Å². The molecule has 0 atom stereocenters. The van der Waals surface area contributed by atoms with Gasteiger partial charge < -0.3 is 4.90 Å². The van der Waals surface area contributed by atoms with E-state index < -0.39 is 6.43 Å². The predicted octanol–water partition coefficient (Wildman–Crippen LogP) is 2.07. The molecule has 112 valence electrons. The predicted molar refractivity (Wildman–Crippen MR) is 72.5 cm³/mol. The highest BCUT2D eigenvalue weighted by Crippen LogP contribution is 2.25. The van der Waals surface area contributed by atoms with E-state index in [1.165, 1.54) is 6.20 Å². The van der Waals surface area contributed by atoms with Gasteiger partial charge in [-0.25, -0.2) is 18.3 Å². The first-order valence-corrected chi connectivity index (χ1v) is 6.85. The molecule has 1 aliphatic heterocycles. The smallest absolute Gasteiger partial charge is 0.257 e. The van der Waals surface area contributed by atoms with E-state index in [4.69, 9.17) is 0 Å². The van der Waals surface area contributed by atoms with E-state index in [1.807, 2.05) is 19.9 Å². The number of nitrogens with zero attached hydrogens (tertiary/aromatic N) is 4. The third kappa shape index (κ3) is 2.48. The maximum absolute atomic E-state index is 12.4. The SMILES string of the molecule is Cc1cc2ncc(C(=O)N3CC(CC(F)F)C3)c(C)n2n1. The molecule has 2 aromatic rings. The molecule has 0 radical (unpaired) electrons. The molecule has 7 heteroatoms. The van der Waals surface area contributed by atoms with E-state index in [-0.39, 0.29) is 18.2 Å². The number of fused-ring (bicyclic) bond motifs is 1. The highest BCUT2D eigenvalue weighted by Gasteiger charge is 2.33. The van der Waals surface area contributed by atoms with Crippen LogP contribution < -0.4 is 0 Å². The Morgan fingerprint density at radius 2 is 2.14 bits per heavy atom. The van der Waals surface area contributed by atoms with Gasteiger partial charge in [0, 0.05) is 31.8 Å². The second kappa shape index (κ2) is 5.05. The summed E-state index contributed by atoms with van der Waals surface area (Å²) in [4.78, 5) is 18.2. The van der Waals surface area contributed by atoms with Crippen molar-refractivity contribution in [3.05, 3.63) is 29.2 Å². The lowest BCUT2D eigenvalue weighted by atomic mass is 9.95. The summed E-state index contributed by atoms with van der Waals surface area (Å²) in [6.07, 6.45) is -0.911. The summed E-state index contributed by atoms with van der Waals surface area (Å²) in [5.41, 5.74) is 2.72. The molecule has 21 heavy (non-hydrogen) atoms. The van der Waals surface area contributed by atoms with E-state index >= 15 is 0 Å². The maximum Gasteiger partial charge on any atom is 0.257 e. The van der Waals surface area contributed by atoms with Gasteiger partial charge in [-0.15, -0.1) is 0 Å². The quantitative estimate of drug-likeness (QED) is 0.871. The van der Waals surface area contributed by atoms with Crippen molar-refractivity contribution < 1.29 is 13.6 Å². The molecular weight excluding hydrogens is 278 g/mol. The summed E-state index contributed by atoms with van der Waals surface area (Å²) < 4.78 is 26.2. The molecule has 0 aromatic carbocycles. The van der Waals surface area contributed by atoms with Gasteiger partial charge in [-0.2, -0.15) is 5.10 Å². The third-order valence-electron chi connectivity index (χ3n) is 3.83. The standard InChI is InChI=1S/C14H16F2N4O/c1-8-3-13-17-5-11(9(2)20(13)18-8)14(21)19-6-10(7-19)4-12(15)16/h3,5,10,12H,4,6-7H2,1-2H3. The molecule has 5 nitrogen and oxygen atoms in total. The molecule has 3 heterocycles. The fourth-order valence-electron chi connectivity index (χ4n) is 2.68. The number of alkyl halides is 2. The molecule has 1 fully saturated rings. The minimum Gasteiger partial charge on any atom is -0.338 e. The number of carbonyl (C=O) groups is 1. The summed E-state index contributed by atoms with van der Waals surface area (Å²) in [6, 6.07) is 1.84. The number of aromatic nitrogens is 3. The monoisotopic (exact) mass is 294 g/mol. The molecular formula is C14H16F2N4O. The summed E-state index contributed by atoms with van der Waals surface area (Å²) in [5.74, 6) is -0.265. The molecule has 0 saturated carbocycles. The molecule has 0 unspecified atom stereocenters. The van der Waals surface area contributed by atoms with Crippen LogP contribution in [0.3, 0.4) is 0 Å². The molecule has 0 bridgehead atoms. The molecule has 1 saturated heterocycles. The summed E-state index contributed by atoms with van der Waals surface area (Å²) in [5, 5.41) is 4.30. The van der Waals surface area contributed by atoms with Gasteiger partial charge in [0.1, 0.15) is 0 Å². The number of rotatable bonds is 3. The fraction of sp³-hybridized carbons (Fsp3) is 0.500. The van der Waals surface area contributed by atoms with Crippen molar-refractivity contribution >= 4 is 11.6 Å². The van der Waals surface area contributed by atoms with Crippen molar-refractivity contribution in [2.75, 3.05) is 13.1 Å². The Balaban J connectivity index is 1.78. The van der Waals surface area contributed by atoms with Crippen molar-refractivity contribution in [3.8, 4) is 0 Å². The topological polar surface area (TPSA) is 50.5 Å². The summed E-state index contributed by atoms with van der Waals surface area (Å²) in [6.45, 7) is 4.45. The lowest BCUT2D eigenvalue weighted by Gasteiger charge is -2.39. The summed E-state index contributed by atoms with van der Waals surface area (Å²) >= 11 is 0. The van der Waals surface area contributed by atoms with E-state index in [1.54, 1.807) is 9.42 Å². The molecule has 3 rings (SSSR count).